The van der Waals surface area contributed by atoms with Crippen molar-refractivity contribution >= 4 is 11.6 Å². The smallest absolute Gasteiger partial charge is 0.122 e. The van der Waals surface area contributed by atoms with Crippen molar-refractivity contribution < 1.29 is 14.2 Å². The van der Waals surface area contributed by atoms with Gasteiger partial charge < -0.3 is 19.5 Å². The maximum atomic E-state index is 6.10. The summed E-state index contributed by atoms with van der Waals surface area (Å²) in [5.74, 6) is 1.70. The summed E-state index contributed by atoms with van der Waals surface area (Å²) in [6.07, 6.45) is 0.888. The second kappa shape index (κ2) is 12.4. The van der Waals surface area contributed by atoms with Crippen molar-refractivity contribution in [3.63, 3.8) is 0 Å². The Bertz CT molecular complexity index is 902. The first-order chi connectivity index (χ1) is 15.1. The van der Waals surface area contributed by atoms with Crippen LogP contribution in [0, 0.1) is 0 Å². The first kappa shape index (κ1) is 23.1. The average molecular weight is 440 g/mol. The van der Waals surface area contributed by atoms with Gasteiger partial charge in [-0.05, 0) is 60.9 Å². The van der Waals surface area contributed by atoms with Crippen LogP contribution in [0.15, 0.2) is 78.9 Å². The van der Waals surface area contributed by atoms with Crippen LogP contribution in [-0.4, -0.2) is 32.9 Å². The summed E-state index contributed by atoms with van der Waals surface area (Å²) in [4.78, 5) is 0. The zero-order valence-corrected chi connectivity index (χ0v) is 18.8. The van der Waals surface area contributed by atoms with Crippen molar-refractivity contribution in [3.8, 4) is 11.5 Å². The highest BCUT2D eigenvalue weighted by molar-refractivity contribution is 6.30. The van der Waals surface area contributed by atoms with Gasteiger partial charge in [-0.2, -0.15) is 0 Å². The van der Waals surface area contributed by atoms with E-state index in [1.54, 1.807) is 7.11 Å². The molecule has 1 N–H and O–H groups in total. The van der Waals surface area contributed by atoms with E-state index in [9.17, 15) is 0 Å². The minimum absolute atomic E-state index is 0.0324. The number of nitrogens with one attached hydrogen (secondary N) is 1. The van der Waals surface area contributed by atoms with Gasteiger partial charge in [0.05, 0.1) is 6.10 Å². The van der Waals surface area contributed by atoms with Crippen molar-refractivity contribution in [1.82, 2.24) is 5.32 Å². The second-order valence-corrected chi connectivity index (χ2v) is 7.88. The highest BCUT2D eigenvalue weighted by Gasteiger charge is 2.13. The van der Waals surface area contributed by atoms with Gasteiger partial charge in [0.1, 0.15) is 24.7 Å². The zero-order valence-electron chi connectivity index (χ0n) is 18.1. The average Bonchev–Trinajstić information content (AvgIpc) is 2.79. The van der Waals surface area contributed by atoms with Crippen LogP contribution < -0.4 is 14.8 Å². The first-order valence-electron chi connectivity index (χ1n) is 10.6. The molecule has 0 aliphatic rings. The monoisotopic (exact) mass is 439 g/mol. The number of methoxy groups -OCH3 is 1. The molecule has 4 nitrogen and oxygen atoms in total. The predicted octanol–water partition coefficient (Wildman–Crippen LogP) is 5.71. The molecule has 2 atom stereocenters. The van der Waals surface area contributed by atoms with Gasteiger partial charge in [0, 0.05) is 24.7 Å². The fraction of sp³-hybridized carbons (Fsp3) is 0.308. The minimum atomic E-state index is -0.0324. The normalized spacial score (nSPS) is 12.9. The lowest BCUT2D eigenvalue weighted by molar-refractivity contribution is 0.0999. The Kier molecular flexibility index (Phi) is 9.22. The van der Waals surface area contributed by atoms with Crippen molar-refractivity contribution in [2.75, 3.05) is 26.9 Å². The lowest BCUT2D eigenvalue weighted by Crippen LogP contribution is -2.32. The van der Waals surface area contributed by atoms with Crippen LogP contribution in [0.2, 0.25) is 5.02 Å². The number of benzene rings is 3. The summed E-state index contributed by atoms with van der Waals surface area (Å²) in [7, 11) is 1.72. The van der Waals surface area contributed by atoms with E-state index < -0.39 is 0 Å². The second-order valence-electron chi connectivity index (χ2n) is 7.45. The van der Waals surface area contributed by atoms with Crippen LogP contribution in [0.3, 0.4) is 0 Å². The van der Waals surface area contributed by atoms with E-state index in [4.69, 9.17) is 25.8 Å². The molecule has 31 heavy (non-hydrogen) atoms. The van der Waals surface area contributed by atoms with Crippen molar-refractivity contribution in [2.24, 2.45) is 0 Å². The van der Waals surface area contributed by atoms with Gasteiger partial charge in [0.15, 0.2) is 0 Å². The van der Waals surface area contributed by atoms with E-state index in [0.717, 1.165) is 35.1 Å². The molecule has 3 rings (SSSR count). The van der Waals surface area contributed by atoms with Crippen molar-refractivity contribution in [3.05, 3.63) is 95.0 Å². The highest BCUT2D eigenvalue weighted by Crippen LogP contribution is 2.20. The van der Waals surface area contributed by atoms with Crippen LogP contribution in [-0.2, 0) is 11.2 Å². The van der Waals surface area contributed by atoms with Gasteiger partial charge in [0.2, 0.25) is 0 Å². The van der Waals surface area contributed by atoms with Gasteiger partial charge in [-0.1, -0.05) is 54.1 Å². The number of para-hydroxylation sites is 1. The molecular formula is C26H30ClNO3. The van der Waals surface area contributed by atoms with Gasteiger partial charge in [-0.25, -0.2) is 0 Å². The van der Waals surface area contributed by atoms with Crippen LogP contribution >= 0.6 is 11.6 Å². The molecular weight excluding hydrogens is 410 g/mol. The Morgan fingerprint density at radius 2 is 1.52 bits per heavy atom. The van der Waals surface area contributed by atoms with E-state index in [2.05, 4.69) is 24.4 Å². The first-order valence-corrected chi connectivity index (χ1v) is 10.9. The topological polar surface area (TPSA) is 39.7 Å². The molecule has 0 radical (unpaired) electrons. The largest absolute Gasteiger partial charge is 0.490 e. The third-order valence-electron chi connectivity index (χ3n) is 4.99. The van der Waals surface area contributed by atoms with Gasteiger partial charge in [-0.15, -0.1) is 0 Å². The number of hydrogen-bond donors (Lipinski definition) is 1. The van der Waals surface area contributed by atoms with E-state index in [-0.39, 0.29) is 6.10 Å². The molecule has 0 bridgehead atoms. The molecule has 0 saturated heterocycles. The molecule has 0 amide bonds. The third kappa shape index (κ3) is 7.91. The van der Waals surface area contributed by atoms with E-state index in [0.29, 0.717) is 19.3 Å². The lowest BCUT2D eigenvalue weighted by Gasteiger charge is -2.20. The van der Waals surface area contributed by atoms with Gasteiger partial charge in [-0.3, -0.25) is 0 Å². The maximum absolute atomic E-state index is 6.10. The standard InChI is InChI=1S/C26H30ClNO3/c1-20(28-19-26(29-2)22-7-6-8-23(27)18-22)17-21-11-13-25(14-12-21)31-16-15-30-24-9-4-3-5-10-24/h3-14,18,20,26,28H,15-17,19H2,1-2H3. The van der Waals surface area contributed by atoms with Crippen LogP contribution in [0.5, 0.6) is 11.5 Å². The fourth-order valence-electron chi connectivity index (χ4n) is 3.34. The van der Waals surface area contributed by atoms with Crippen molar-refractivity contribution in [2.45, 2.75) is 25.5 Å². The Morgan fingerprint density at radius 1 is 0.839 bits per heavy atom. The molecule has 0 spiro atoms. The molecule has 3 aromatic carbocycles. The zero-order chi connectivity index (χ0) is 21.9. The molecule has 0 aromatic heterocycles. The molecule has 0 aliphatic heterocycles. The molecule has 0 fully saturated rings. The van der Waals surface area contributed by atoms with Gasteiger partial charge in [0.25, 0.3) is 0 Å². The Morgan fingerprint density at radius 3 is 2.16 bits per heavy atom. The molecule has 0 heterocycles. The molecule has 0 aliphatic carbocycles. The summed E-state index contributed by atoms with van der Waals surface area (Å²) in [5, 5.41) is 4.28. The van der Waals surface area contributed by atoms with E-state index >= 15 is 0 Å². The summed E-state index contributed by atoms with van der Waals surface area (Å²) in [6.45, 7) is 3.92. The summed E-state index contributed by atoms with van der Waals surface area (Å²) in [6, 6.07) is 26.1. The van der Waals surface area contributed by atoms with Crippen LogP contribution in [0.1, 0.15) is 24.2 Å². The Labute approximate surface area is 190 Å². The lowest BCUT2D eigenvalue weighted by atomic mass is 10.1. The number of hydrogen-bond acceptors (Lipinski definition) is 4. The minimum Gasteiger partial charge on any atom is -0.490 e. The maximum Gasteiger partial charge on any atom is 0.122 e. The van der Waals surface area contributed by atoms with Crippen molar-refractivity contribution in [1.29, 1.82) is 0 Å². The molecule has 5 heteroatoms. The predicted molar refractivity (Wildman–Crippen MR) is 126 cm³/mol. The summed E-state index contributed by atoms with van der Waals surface area (Å²) in [5.41, 5.74) is 2.33. The van der Waals surface area contributed by atoms with E-state index in [1.807, 2.05) is 66.7 Å². The van der Waals surface area contributed by atoms with Crippen LogP contribution in [0.4, 0.5) is 0 Å². The molecule has 0 saturated carbocycles. The van der Waals surface area contributed by atoms with E-state index in [1.165, 1.54) is 5.56 Å². The summed E-state index contributed by atoms with van der Waals surface area (Å²) >= 11 is 6.10. The van der Waals surface area contributed by atoms with Crippen LogP contribution in [0.25, 0.3) is 0 Å². The molecule has 2 unspecified atom stereocenters. The Balaban J connectivity index is 1.39. The number of halogens is 1. The van der Waals surface area contributed by atoms with Gasteiger partial charge >= 0.3 is 0 Å². The molecule has 3 aromatic rings. The quantitative estimate of drug-likeness (QED) is 0.367. The SMILES string of the molecule is COC(CNC(C)Cc1ccc(OCCOc2ccccc2)cc1)c1cccc(Cl)c1. The highest BCUT2D eigenvalue weighted by atomic mass is 35.5. The Hall–Kier alpha value is -2.53. The molecule has 164 valence electrons. The fourth-order valence-corrected chi connectivity index (χ4v) is 3.53. The number of rotatable bonds is 12. The number of ether oxygens (including phenoxy) is 3. The summed E-state index contributed by atoms with van der Waals surface area (Å²) < 4.78 is 17.1. The third-order valence-corrected chi connectivity index (χ3v) is 5.22.